The van der Waals surface area contributed by atoms with Crippen molar-refractivity contribution < 1.29 is 14.3 Å². The monoisotopic (exact) mass is 469 g/mol. The summed E-state index contributed by atoms with van der Waals surface area (Å²) in [5.41, 5.74) is 1.24. The van der Waals surface area contributed by atoms with Crippen LogP contribution in [0.4, 0.5) is 11.6 Å². The summed E-state index contributed by atoms with van der Waals surface area (Å²) in [6.45, 7) is 5.44. The third-order valence-electron chi connectivity index (χ3n) is 5.43. The van der Waals surface area contributed by atoms with Gasteiger partial charge in [-0.05, 0) is 6.08 Å². The van der Waals surface area contributed by atoms with Crippen molar-refractivity contribution in [2.24, 2.45) is 5.92 Å². The fourth-order valence-corrected chi connectivity index (χ4v) is 3.97. The number of hydrogen-bond donors (Lipinski definition) is 2. The number of aryl methyl sites for hydroxylation is 1. The van der Waals surface area contributed by atoms with Crippen molar-refractivity contribution in [1.29, 1.82) is 0 Å². The van der Waals surface area contributed by atoms with E-state index in [0.717, 1.165) is 0 Å². The fourth-order valence-electron chi connectivity index (χ4n) is 3.75. The van der Waals surface area contributed by atoms with Crippen molar-refractivity contribution in [1.82, 2.24) is 29.6 Å². The van der Waals surface area contributed by atoms with Gasteiger partial charge in [-0.15, -0.1) is 12.3 Å². The maximum atomic E-state index is 12.0. The predicted molar refractivity (Wildman–Crippen MR) is 124 cm³/mol. The van der Waals surface area contributed by atoms with E-state index in [4.69, 9.17) is 27.5 Å². The van der Waals surface area contributed by atoms with Gasteiger partial charge in [0.15, 0.2) is 0 Å². The third kappa shape index (κ3) is 4.94. The van der Waals surface area contributed by atoms with Crippen molar-refractivity contribution in [2.75, 3.05) is 32.1 Å². The van der Waals surface area contributed by atoms with Crippen LogP contribution in [0, 0.1) is 18.3 Å². The molecule has 0 aliphatic carbocycles. The third-order valence-corrected chi connectivity index (χ3v) is 5.73. The first kappa shape index (κ1) is 22.6. The first-order valence-electron chi connectivity index (χ1n) is 10.4. The number of halogens is 1. The molecule has 0 bridgehead atoms. The Morgan fingerprint density at radius 3 is 3.09 bits per heavy atom. The van der Waals surface area contributed by atoms with Crippen LogP contribution in [0.3, 0.4) is 0 Å². The number of aromatic nitrogens is 5. The number of carbonyl (C=O) groups excluding carboxylic acids is 1. The molecule has 0 spiro atoms. The second kappa shape index (κ2) is 9.94. The number of nitrogens with one attached hydrogen (secondary N) is 2. The normalized spacial score (nSPS) is 17.8. The standard InChI is InChI=1S/C22H24ClN7O3/c1-4-6-7-30-11-15(8-25-30)26-22-27-20-19(16(23)9-24-20)21(28-22)33-13-14-10-29(18(31)5-2)12-17(14)32-3/h1,5,8-9,11,14,17H,2,6-7,10,12-13H2,3H3,(H2,24,26,27,28). The maximum Gasteiger partial charge on any atom is 0.246 e. The SMILES string of the molecule is C#CCCn1cc(Nc2nc(OCC3CN(C(=O)C=C)CC3OC)c3c(Cl)c[nH]c3n2)cn1. The van der Waals surface area contributed by atoms with Gasteiger partial charge in [-0.3, -0.25) is 9.48 Å². The molecule has 0 aromatic carbocycles. The van der Waals surface area contributed by atoms with Gasteiger partial charge in [-0.2, -0.15) is 15.1 Å². The summed E-state index contributed by atoms with van der Waals surface area (Å²) in [6.07, 6.45) is 12.2. The van der Waals surface area contributed by atoms with Gasteiger partial charge in [-0.1, -0.05) is 18.2 Å². The molecule has 1 amide bonds. The Morgan fingerprint density at radius 1 is 1.48 bits per heavy atom. The molecule has 4 heterocycles. The van der Waals surface area contributed by atoms with Crippen LogP contribution in [-0.2, 0) is 16.1 Å². The average molecular weight is 470 g/mol. The van der Waals surface area contributed by atoms with E-state index in [1.807, 2.05) is 6.20 Å². The molecule has 1 aliphatic heterocycles. The van der Waals surface area contributed by atoms with E-state index in [-0.39, 0.29) is 24.5 Å². The zero-order valence-corrected chi connectivity index (χ0v) is 18.9. The van der Waals surface area contributed by atoms with Gasteiger partial charge >= 0.3 is 0 Å². The second-order valence-corrected chi connectivity index (χ2v) is 7.98. The topological polar surface area (TPSA) is 110 Å². The van der Waals surface area contributed by atoms with Crippen molar-refractivity contribution in [3.05, 3.63) is 36.3 Å². The Balaban J connectivity index is 1.52. The molecule has 0 radical (unpaired) electrons. The maximum absolute atomic E-state index is 12.0. The minimum absolute atomic E-state index is 0.0348. The highest BCUT2D eigenvalue weighted by Gasteiger charge is 2.35. The molecular formula is C22H24ClN7O3. The number of amides is 1. The van der Waals surface area contributed by atoms with Crippen LogP contribution < -0.4 is 10.1 Å². The van der Waals surface area contributed by atoms with E-state index >= 15 is 0 Å². The number of methoxy groups -OCH3 is 1. The van der Waals surface area contributed by atoms with Crippen molar-refractivity contribution >= 4 is 40.2 Å². The molecule has 3 aromatic heterocycles. The van der Waals surface area contributed by atoms with E-state index in [2.05, 4.69) is 37.9 Å². The molecule has 1 aliphatic rings. The smallest absolute Gasteiger partial charge is 0.246 e. The number of hydrogen-bond acceptors (Lipinski definition) is 7. The molecular weight excluding hydrogens is 446 g/mol. The zero-order chi connectivity index (χ0) is 23.4. The van der Waals surface area contributed by atoms with Crippen LogP contribution in [0.1, 0.15) is 6.42 Å². The summed E-state index contributed by atoms with van der Waals surface area (Å²) in [6, 6.07) is 0. The summed E-state index contributed by atoms with van der Waals surface area (Å²) in [5.74, 6) is 3.07. The summed E-state index contributed by atoms with van der Waals surface area (Å²) in [4.78, 5) is 25.7. The van der Waals surface area contributed by atoms with Gasteiger partial charge in [0.2, 0.25) is 17.7 Å². The van der Waals surface area contributed by atoms with Gasteiger partial charge in [0, 0.05) is 44.9 Å². The molecule has 3 aromatic rings. The lowest BCUT2D eigenvalue weighted by molar-refractivity contribution is -0.125. The summed E-state index contributed by atoms with van der Waals surface area (Å²) in [5, 5.41) is 8.43. The average Bonchev–Trinajstić information content (AvgIpc) is 3.54. The van der Waals surface area contributed by atoms with Crippen molar-refractivity contribution in [3.63, 3.8) is 0 Å². The van der Waals surface area contributed by atoms with E-state index in [1.165, 1.54) is 6.08 Å². The number of nitrogens with zero attached hydrogens (tertiary/aromatic N) is 5. The highest BCUT2D eigenvalue weighted by atomic mass is 35.5. The summed E-state index contributed by atoms with van der Waals surface area (Å²) in [7, 11) is 1.62. The Hall–Kier alpha value is -3.55. The van der Waals surface area contributed by atoms with Gasteiger partial charge in [0.1, 0.15) is 5.65 Å². The van der Waals surface area contributed by atoms with Gasteiger partial charge in [0.05, 0.1) is 41.5 Å². The summed E-state index contributed by atoms with van der Waals surface area (Å²) >= 11 is 6.35. The number of H-pyrrole nitrogens is 1. The highest BCUT2D eigenvalue weighted by molar-refractivity contribution is 6.35. The van der Waals surface area contributed by atoms with E-state index < -0.39 is 0 Å². The number of fused-ring (bicyclic) bond motifs is 1. The predicted octanol–water partition coefficient (Wildman–Crippen LogP) is 2.61. The number of aromatic amines is 1. The molecule has 0 saturated carbocycles. The highest BCUT2D eigenvalue weighted by Crippen LogP contribution is 2.32. The molecule has 4 rings (SSSR count). The summed E-state index contributed by atoms with van der Waals surface area (Å²) < 4.78 is 13.4. The molecule has 172 valence electrons. The van der Waals surface area contributed by atoms with Crippen LogP contribution in [-0.4, -0.2) is 68.4 Å². The van der Waals surface area contributed by atoms with Crippen LogP contribution in [0.5, 0.6) is 5.88 Å². The largest absolute Gasteiger partial charge is 0.477 e. The molecule has 10 nitrogen and oxygen atoms in total. The van der Waals surface area contributed by atoms with Crippen molar-refractivity contribution in [3.8, 4) is 18.2 Å². The number of likely N-dealkylation sites (tertiary alicyclic amines) is 1. The first-order chi connectivity index (χ1) is 16.0. The molecule has 1 fully saturated rings. The minimum atomic E-state index is -0.153. The Morgan fingerprint density at radius 2 is 2.33 bits per heavy atom. The van der Waals surface area contributed by atoms with Crippen LogP contribution in [0.2, 0.25) is 5.02 Å². The van der Waals surface area contributed by atoms with E-state index in [0.29, 0.717) is 59.6 Å². The molecule has 33 heavy (non-hydrogen) atoms. The van der Waals surface area contributed by atoms with E-state index in [9.17, 15) is 4.79 Å². The Labute approximate surface area is 195 Å². The van der Waals surface area contributed by atoms with E-state index in [1.54, 1.807) is 29.1 Å². The lowest BCUT2D eigenvalue weighted by Gasteiger charge is -2.17. The molecule has 2 unspecified atom stereocenters. The molecule has 11 heteroatoms. The van der Waals surface area contributed by atoms with Gasteiger partial charge in [-0.25, -0.2) is 0 Å². The Kier molecular flexibility index (Phi) is 6.82. The first-order valence-corrected chi connectivity index (χ1v) is 10.7. The van der Waals surface area contributed by atoms with Crippen molar-refractivity contribution in [2.45, 2.75) is 19.1 Å². The molecule has 2 N–H and O–H groups in total. The van der Waals surface area contributed by atoms with Gasteiger partial charge < -0.3 is 24.7 Å². The number of rotatable bonds is 9. The van der Waals surface area contributed by atoms with Gasteiger partial charge in [0.25, 0.3) is 0 Å². The van der Waals surface area contributed by atoms with Crippen LogP contribution in [0.15, 0.2) is 31.2 Å². The lowest BCUT2D eigenvalue weighted by atomic mass is 10.1. The molecule has 1 saturated heterocycles. The fraction of sp³-hybridized carbons (Fsp3) is 0.364. The zero-order valence-electron chi connectivity index (χ0n) is 18.1. The van der Waals surface area contributed by atoms with Crippen LogP contribution in [0.25, 0.3) is 11.0 Å². The number of carbonyl (C=O) groups is 1. The number of terminal acetylenes is 1. The number of ether oxygens (including phenoxy) is 2. The lowest BCUT2D eigenvalue weighted by Crippen LogP contribution is -2.28. The minimum Gasteiger partial charge on any atom is -0.477 e. The number of anilines is 2. The Bertz CT molecular complexity index is 1200. The second-order valence-electron chi connectivity index (χ2n) is 7.58. The van der Waals surface area contributed by atoms with Crippen LogP contribution >= 0.6 is 11.6 Å². The quantitative estimate of drug-likeness (QED) is 0.366. The molecule has 2 atom stereocenters.